The lowest BCUT2D eigenvalue weighted by molar-refractivity contribution is -0.128. The molecule has 0 aromatic carbocycles. The molecular formula is C28H55N7O5. The van der Waals surface area contributed by atoms with Gasteiger partial charge in [0, 0.05) is 19.5 Å². The molecule has 0 rings (SSSR count). The molecule has 0 aromatic rings. The fraction of sp³-hybridized carbons (Fsp3) is 0.821. The van der Waals surface area contributed by atoms with E-state index in [0.29, 0.717) is 32.4 Å². The Hall–Kier alpha value is -2.73. The zero-order valence-electron chi connectivity index (χ0n) is 24.7. The third kappa shape index (κ3) is 20.2. The smallest absolute Gasteiger partial charge is 0.242 e. The van der Waals surface area contributed by atoms with Crippen molar-refractivity contribution in [3.8, 4) is 0 Å². The van der Waals surface area contributed by atoms with Crippen molar-refractivity contribution in [1.29, 1.82) is 0 Å². The summed E-state index contributed by atoms with van der Waals surface area (Å²) in [5.74, 6) is -2.17. The number of carbonyl (C=O) groups is 5. The van der Waals surface area contributed by atoms with Crippen LogP contribution in [0.5, 0.6) is 0 Å². The van der Waals surface area contributed by atoms with Crippen LogP contribution in [0, 0.1) is 0 Å². The van der Waals surface area contributed by atoms with E-state index in [0.717, 1.165) is 19.3 Å². The Morgan fingerprint density at radius 1 is 0.650 bits per heavy atom. The van der Waals surface area contributed by atoms with Gasteiger partial charge in [-0.15, -0.1) is 0 Å². The third-order valence-electron chi connectivity index (χ3n) is 6.64. The van der Waals surface area contributed by atoms with Crippen molar-refractivity contribution in [1.82, 2.24) is 21.3 Å². The summed E-state index contributed by atoms with van der Waals surface area (Å²) in [6, 6.07) is -2.45. The zero-order valence-corrected chi connectivity index (χ0v) is 24.7. The Bertz CT molecular complexity index is 749. The third-order valence-corrected chi connectivity index (χ3v) is 6.64. The molecule has 0 aliphatic carbocycles. The molecule has 10 N–H and O–H groups in total. The molecule has 3 atom stereocenters. The first-order valence-electron chi connectivity index (χ1n) is 15.0. The van der Waals surface area contributed by atoms with Gasteiger partial charge in [0.2, 0.25) is 29.5 Å². The van der Waals surface area contributed by atoms with Gasteiger partial charge in [0.1, 0.15) is 12.1 Å². The molecule has 0 bridgehead atoms. The van der Waals surface area contributed by atoms with E-state index in [-0.39, 0.29) is 31.2 Å². The van der Waals surface area contributed by atoms with Crippen LogP contribution < -0.4 is 38.5 Å². The van der Waals surface area contributed by atoms with Crippen LogP contribution in [0.3, 0.4) is 0 Å². The van der Waals surface area contributed by atoms with Crippen molar-refractivity contribution in [2.75, 3.05) is 19.6 Å². The zero-order chi connectivity index (χ0) is 30.2. The van der Waals surface area contributed by atoms with Gasteiger partial charge >= 0.3 is 0 Å². The van der Waals surface area contributed by atoms with E-state index in [9.17, 15) is 24.0 Å². The minimum absolute atomic E-state index is 0.00336. The normalized spacial score (nSPS) is 13.1. The highest BCUT2D eigenvalue weighted by atomic mass is 16.2. The number of amides is 5. The molecule has 0 radical (unpaired) electrons. The van der Waals surface area contributed by atoms with Crippen molar-refractivity contribution in [3.63, 3.8) is 0 Å². The van der Waals surface area contributed by atoms with Crippen molar-refractivity contribution in [2.45, 2.75) is 128 Å². The van der Waals surface area contributed by atoms with Gasteiger partial charge in [-0.3, -0.25) is 24.0 Å². The molecule has 0 spiro atoms. The maximum atomic E-state index is 12.6. The second-order valence-electron chi connectivity index (χ2n) is 10.4. The summed E-state index contributed by atoms with van der Waals surface area (Å²) in [5.41, 5.74) is 16.2. The predicted molar refractivity (Wildman–Crippen MR) is 157 cm³/mol. The van der Waals surface area contributed by atoms with Crippen LogP contribution >= 0.6 is 0 Å². The summed E-state index contributed by atoms with van der Waals surface area (Å²) in [6.07, 6.45) is 13.8. The van der Waals surface area contributed by atoms with Gasteiger partial charge in [-0.2, -0.15) is 0 Å². The Kier molecular flexibility index (Phi) is 22.5. The van der Waals surface area contributed by atoms with Crippen molar-refractivity contribution in [3.05, 3.63) is 0 Å². The Balaban J connectivity index is 4.23. The van der Waals surface area contributed by atoms with E-state index in [2.05, 4.69) is 28.2 Å². The summed E-state index contributed by atoms with van der Waals surface area (Å²) in [5, 5.41) is 10.8. The molecule has 0 aliphatic heterocycles. The van der Waals surface area contributed by atoms with Gasteiger partial charge in [-0.1, -0.05) is 64.7 Å². The first kappa shape index (κ1) is 37.3. The molecule has 0 saturated carbocycles. The molecule has 232 valence electrons. The van der Waals surface area contributed by atoms with E-state index in [1.807, 2.05) is 0 Å². The Morgan fingerprint density at radius 2 is 1.20 bits per heavy atom. The fourth-order valence-corrected chi connectivity index (χ4v) is 4.12. The molecule has 12 nitrogen and oxygen atoms in total. The summed E-state index contributed by atoms with van der Waals surface area (Å²) in [7, 11) is 0. The van der Waals surface area contributed by atoms with Crippen LogP contribution in [0.2, 0.25) is 0 Å². The second kappa shape index (κ2) is 24.1. The van der Waals surface area contributed by atoms with Crippen LogP contribution in [0.25, 0.3) is 0 Å². The fourth-order valence-electron chi connectivity index (χ4n) is 4.12. The predicted octanol–water partition coefficient (Wildman–Crippen LogP) is 0.851. The lowest BCUT2D eigenvalue weighted by Crippen LogP contribution is -2.49. The molecule has 0 heterocycles. The van der Waals surface area contributed by atoms with E-state index in [1.165, 1.54) is 51.9 Å². The quantitative estimate of drug-likeness (QED) is 0.0787. The number of unbranched alkanes of at least 4 members (excludes halogenated alkanes) is 10. The molecule has 0 aliphatic rings. The number of nitrogens with two attached hydrogens (primary N) is 3. The molecule has 5 amide bonds. The molecule has 0 fully saturated rings. The Labute approximate surface area is 240 Å². The maximum absolute atomic E-state index is 12.6. The van der Waals surface area contributed by atoms with Crippen LogP contribution in [0.15, 0.2) is 0 Å². The lowest BCUT2D eigenvalue weighted by atomic mass is 10.1. The number of nitrogens with one attached hydrogen (secondary N) is 4. The first-order chi connectivity index (χ1) is 19.1. The monoisotopic (exact) mass is 569 g/mol. The highest BCUT2D eigenvalue weighted by Gasteiger charge is 2.21. The van der Waals surface area contributed by atoms with E-state index in [4.69, 9.17) is 17.2 Å². The second-order valence-corrected chi connectivity index (χ2v) is 10.4. The van der Waals surface area contributed by atoms with E-state index in [1.54, 1.807) is 0 Å². The van der Waals surface area contributed by atoms with Gasteiger partial charge < -0.3 is 38.5 Å². The summed E-state index contributed by atoms with van der Waals surface area (Å²) in [4.78, 5) is 59.8. The van der Waals surface area contributed by atoms with Gasteiger partial charge in [-0.05, 0) is 39.0 Å². The molecule has 40 heavy (non-hydrogen) atoms. The standard InChI is InChI=1S/C28H55N7O5/c1-3-4-5-6-7-8-9-10-11-13-19-33-28(40)23(34-25(37)20-29)15-12-14-18-32-24(36)17-16-22(26(31)38)35-27(39)21(2)30/h21-23H,3-20,29-30H2,1-2H3,(H2,31,38)(H,32,36)(H,33,40)(H,34,37)(H,35,39)/t21-,22+,23-/m0/s1. The van der Waals surface area contributed by atoms with E-state index >= 15 is 0 Å². The van der Waals surface area contributed by atoms with Gasteiger partial charge in [0.15, 0.2) is 0 Å². The van der Waals surface area contributed by atoms with Crippen LogP contribution in [0.1, 0.15) is 110 Å². The van der Waals surface area contributed by atoms with Crippen molar-refractivity contribution >= 4 is 29.5 Å². The number of hydrogen-bond donors (Lipinski definition) is 7. The number of primary amides is 1. The van der Waals surface area contributed by atoms with Crippen LogP contribution in [-0.2, 0) is 24.0 Å². The molecular weight excluding hydrogens is 514 g/mol. The SMILES string of the molecule is CCCCCCCCCCCCNC(=O)[C@H](CCCCNC(=O)CC[C@@H](NC(=O)[C@H](C)N)C(N)=O)NC(=O)CN. The average molecular weight is 570 g/mol. The average Bonchev–Trinajstić information content (AvgIpc) is 2.92. The number of hydrogen-bond acceptors (Lipinski definition) is 7. The lowest BCUT2D eigenvalue weighted by Gasteiger charge is -2.18. The van der Waals surface area contributed by atoms with Gasteiger partial charge in [0.25, 0.3) is 0 Å². The number of carbonyl (C=O) groups excluding carboxylic acids is 5. The molecule has 0 unspecified atom stereocenters. The molecule has 0 aromatic heterocycles. The van der Waals surface area contributed by atoms with E-state index < -0.39 is 35.8 Å². The van der Waals surface area contributed by atoms with Crippen molar-refractivity contribution < 1.29 is 24.0 Å². The summed E-state index contributed by atoms with van der Waals surface area (Å²) >= 11 is 0. The topological polar surface area (TPSA) is 212 Å². The van der Waals surface area contributed by atoms with Crippen molar-refractivity contribution in [2.24, 2.45) is 17.2 Å². The van der Waals surface area contributed by atoms with Gasteiger partial charge in [-0.25, -0.2) is 0 Å². The van der Waals surface area contributed by atoms with Crippen LogP contribution in [0.4, 0.5) is 0 Å². The Morgan fingerprint density at radius 3 is 1.75 bits per heavy atom. The molecule has 0 saturated heterocycles. The molecule has 12 heteroatoms. The summed E-state index contributed by atoms with van der Waals surface area (Å²) < 4.78 is 0. The van der Waals surface area contributed by atoms with Gasteiger partial charge in [0.05, 0.1) is 12.6 Å². The first-order valence-corrected chi connectivity index (χ1v) is 15.0. The minimum atomic E-state index is -0.977. The highest BCUT2D eigenvalue weighted by Crippen LogP contribution is 2.10. The van der Waals surface area contributed by atoms with Crippen LogP contribution in [-0.4, -0.2) is 67.3 Å². The number of rotatable bonds is 25. The largest absolute Gasteiger partial charge is 0.368 e. The maximum Gasteiger partial charge on any atom is 0.242 e. The highest BCUT2D eigenvalue weighted by molar-refractivity contribution is 5.89. The minimum Gasteiger partial charge on any atom is -0.368 e. The summed E-state index contributed by atoms with van der Waals surface area (Å²) in [6.45, 7) is 4.44.